The zero-order chi connectivity index (χ0) is 12.1. The fourth-order valence-corrected chi connectivity index (χ4v) is 1.42. The van der Waals surface area contributed by atoms with Crippen LogP contribution in [0.5, 0.6) is 5.75 Å². The van der Waals surface area contributed by atoms with Crippen LogP contribution in [0.2, 0.25) is 0 Å². The SMILES string of the molecule is COc1cc(N(C)CC(O)CO)ccc1N. The van der Waals surface area contributed by atoms with Gasteiger partial charge in [-0.05, 0) is 12.1 Å². The van der Waals surface area contributed by atoms with Gasteiger partial charge >= 0.3 is 0 Å². The fourth-order valence-electron chi connectivity index (χ4n) is 1.42. The summed E-state index contributed by atoms with van der Waals surface area (Å²) < 4.78 is 5.10. The predicted molar refractivity (Wildman–Crippen MR) is 63.8 cm³/mol. The van der Waals surface area contributed by atoms with Crippen molar-refractivity contribution in [3.05, 3.63) is 18.2 Å². The number of nitrogens with zero attached hydrogens (tertiary/aromatic N) is 1. The van der Waals surface area contributed by atoms with E-state index in [1.807, 2.05) is 18.0 Å². The van der Waals surface area contributed by atoms with Crippen LogP contribution in [-0.4, -0.2) is 43.6 Å². The van der Waals surface area contributed by atoms with Gasteiger partial charge in [-0.3, -0.25) is 0 Å². The molecule has 0 amide bonds. The number of aliphatic hydroxyl groups excluding tert-OH is 2. The van der Waals surface area contributed by atoms with Gasteiger partial charge in [-0.1, -0.05) is 0 Å². The van der Waals surface area contributed by atoms with Crippen LogP contribution in [0.1, 0.15) is 0 Å². The van der Waals surface area contributed by atoms with E-state index in [0.29, 0.717) is 18.0 Å². The highest BCUT2D eigenvalue weighted by molar-refractivity contribution is 5.62. The van der Waals surface area contributed by atoms with E-state index in [1.165, 1.54) is 0 Å². The van der Waals surface area contributed by atoms with Crippen molar-refractivity contribution in [2.45, 2.75) is 6.10 Å². The molecule has 0 radical (unpaired) electrons. The molecule has 5 heteroatoms. The third-order valence-corrected chi connectivity index (χ3v) is 2.35. The molecule has 0 saturated carbocycles. The number of hydrogen-bond acceptors (Lipinski definition) is 5. The first-order valence-corrected chi connectivity index (χ1v) is 5.02. The third-order valence-electron chi connectivity index (χ3n) is 2.35. The van der Waals surface area contributed by atoms with Crippen LogP contribution in [-0.2, 0) is 0 Å². The first kappa shape index (κ1) is 12.6. The summed E-state index contributed by atoms with van der Waals surface area (Å²) in [4.78, 5) is 1.82. The molecule has 1 rings (SSSR count). The number of likely N-dealkylation sites (N-methyl/N-ethyl adjacent to an activating group) is 1. The van der Waals surface area contributed by atoms with Gasteiger partial charge in [0.25, 0.3) is 0 Å². The number of nitrogen functional groups attached to an aromatic ring is 1. The summed E-state index contributed by atoms with van der Waals surface area (Å²) in [6, 6.07) is 5.37. The topological polar surface area (TPSA) is 79.0 Å². The van der Waals surface area contributed by atoms with E-state index in [-0.39, 0.29) is 6.61 Å². The third kappa shape index (κ3) is 3.01. The van der Waals surface area contributed by atoms with E-state index in [1.54, 1.807) is 19.2 Å². The summed E-state index contributed by atoms with van der Waals surface area (Å²) in [5, 5.41) is 18.1. The summed E-state index contributed by atoms with van der Waals surface area (Å²) in [6.07, 6.45) is -0.756. The Kier molecular flexibility index (Phi) is 4.39. The molecule has 0 aromatic heterocycles. The smallest absolute Gasteiger partial charge is 0.143 e. The van der Waals surface area contributed by atoms with Crippen molar-refractivity contribution >= 4 is 11.4 Å². The quantitative estimate of drug-likeness (QED) is 0.619. The Hall–Kier alpha value is -1.46. The maximum Gasteiger partial charge on any atom is 0.143 e. The van der Waals surface area contributed by atoms with Crippen molar-refractivity contribution in [3.63, 3.8) is 0 Å². The zero-order valence-corrected chi connectivity index (χ0v) is 9.55. The number of anilines is 2. The molecule has 0 bridgehead atoms. The molecule has 4 N–H and O–H groups in total. The van der Waals surface area contributed by atoms with Crippen molar-refractivity contribution in [1.82, 2.24) is 0 Å². The van der Waals surface area contributed by atoms with Crippen molar-refractivity contribution < 1.29 is 14.9 Å². The second kappa shape index (κ2) is 5.58. The first-order valence-electron chi connectivity index (χ1n) is 5.02. The monoisotopic (exact) mass is 226 g/mol. The van der Waals surface area contributed by atoms with Crippen molar-refractivity contribution in [2.75, 3.05) is 37.9 Å². The van der Waals surface area contributed by atoms with Crippen molar-refractivity contribution in [2.24, 2.45) is 0 Å². The largest absolute Gasteiger partial charge is 0.495 e. The van der Waals surface area contributed by atoms with E-state index in [9.17, 15) is 5.11 Å². The lowest BCUT2D eigenvalue weighted by Gasteiger charge is -2.22. The summed E-state index contributed by atoms with van der Waals surface area (Å²) in [6.45, 7) is 0.0972. The molecule has 1 atom stereocenters. The van der Waals surface area contributed by atoms with Gasteiger partial charge in [-0.25, -0.2) is 0 Å². The molecule has 0 spiro atoms. The standard InChI is InChI=1S/C11H18N2O3/c1-13(6-9(15)7-14)8-3-4-10(12)11(5-8)16-2/h3-5,9,14-15H,6-7,12H2,1-2H3. The van der Waals surface area contributed by atoms with Gasteiger partial charge in [-0.2, -0.15) is 0 Å². The van der Waals surface area contributed by atoms with Crippen LogP contribution in [0.4, 0.5) is 11.4 Å². The molecule has 1 aromatic carbocycles. The lowest BCUT2D eigenvalue weighted by atomic mass is 10.2. The fraction of sp³-hybridized carbons (Fsp3) is 0.455. The molecule has 5 nitrogen and oxygen atoms in total. The Morgan fingerprint density at radius 2 is 2.19 bits per heavy atom. The van der Waals surface area contributed by atoms with Crippen molar-refractivity contribution in [1.29, 1.82) is 0 Å². The Bertz CT molecular complexity index is 344. The molecular formula is C11H18N2O3. The Labute approximate surface area is 95.1 Å². The number of benzene rings is 1. The molecule has 1 unspecified atom stereocenters. The Morgan fingerprint density at radius 3 is 2.75 bits per heavy atom. The number of aliphatic hydroxyl groups is 2. The minimum absolute atomic E-state index is 0.254. The summed E-state index contributed by atoms with van der Waals surface area (Å²) in [7, 11) is 3.38. The van der Waals surface area contributed by atoms with Gasteiger partial charge in [0.05, 0.1) is 25.5 Å². The second-order valence-electron chi connectivity index (χ2n) is 3.64. The highest BCUT2D eigenvalue weighted by Gasteiger charge is 2.09. The van der Waals surface area contributed by atoms with Crippen LogP contribution in [0.15, 0.2) is 18.2 Å². The van der Waals surface area contributed by atoms with Gasteiger partial charge < -0.3 is 25.6 Å². The maximum absolute atomic E-state index is 9.32. The number of ether oxygens (including phenoxy) is 1. The van der Waals surface area contributed by atoms with Crippen LogP contribution in [0.3, 0.4) is 0 Å². The van der Waals surface area contributed by atoms with Gasteiger partial charge in [0.2, 0.25) is 0 Å². The van der Waals surface area contributed by atoms with E-state index < -0.39 is 6.10 Å². The Balaban J connectivity index is 2.79. The zero-order valence-electron chi connectivity index (χ0n) is 9.55. The van der Waals surface area contributed by atoms with Gasteiger partial charge in [0.1, 0.15) is 5.75 Å². The lowest BCUT2D eigenvalue weighted by molar-refractivity contribution is 0.101. The van der Waals surface area contributed by atoms with Crippen molar-refractivity contribution in [3.8, 4) is 5.75 Å². The lowest BCUT2D eigenvalue weighted by Crippen LogP contribution is -2.31. The summed E-state index contributed by atoms with van der Waals surface area (Å²) in [5.74, 6) is 0.600. The number of rotatable bonds is 5. The van der Waals surface area contributed by atoms with E-state index in [2.05, 4.69) is 0 Å². The van der Waals surface area contributed by atoms with Crippen LogP contribution < -0.4 is 15.4 Å². The maximum atomic E-state index is 9.32. The summed E-state index contributed by atoms with van der Waals surface area (Å²) >= 11 is 0. The molecule has 90 valence electrons. The highest BCUT2D eigenvalue weighted by atomic mass is 16.5. The molecule has 0 fully saturated rings. The average Bonchev–Trinajstić information content (AvgIpc) is 2.29. The second-order valence-corrected chi connectivity index (χ2v) is 3.64. The van der Waals surface area contributed by atoms with E-state index in [4.69, 9.17) is 15.6 Å². The highest BCUT2D eigenvalue weighted by Crippen LogP contribution is 2.26. The first-order chi connectivity index (χ1) is 7.58. The predicted octanol–water partition coefficient (Wildman–Crippen LogP) is 0.0668. The average molecular weight is 226 g/mol. The van der Waals surface area contributed by atoms with Crippen LogP contribution in [0, 0.1) is 0 Å². The Morgan fingerprint density at radius 1 is 1.50 bits per heavy atom. The molecule has 0 aliphatic rings. The minimum atomic E-state index is -0.756. The molecule has 1 aromatic rings. The number of nitrogens with two attached hydrogens (primary N) is 1. The number of hydrogen-bond donors (Lipinski definition) is 3. The van der Waals surface area contributed by atoms with Gasteiger partial charge in [0.15, 0.2) is 0 Å². The molecule has 0 saturated heterocycles. The normalized spacial score (nSPS) is 12.2. The van der Waals surface area contributed by atoms with E-state index in [0.717, 1.165) is 5.69 Å². The molecule has 0 heterocycles. The van der Waals surface area contributed by atoms with Gasteiger partial charge in [-0.15, -0.1) is 0 Å². The molecular weight excluding hydrogens is 208 g/mol. The van der Waals surface area contributed by atoms with Crippen LogP contribution >= 0.6 is 0 Å². The molecule has 0 aliphatic heterocycles. The number of methoxy groups -OCH3 is 1. The van der Waals surface area contributed by atoms with E-state index >= 15 is 0 Å². The van der Waals surface area contributed by atoms with Gasteiger partial charge in [0, 0.05) is 25.3 Å². The summed E-state index contributed by atoms with van der Waals surface area (Å²) in [5.41, 5.74) is 7.14. The molecule has 0 aliphatic carbocycles. The molecule has 16 heavy (non-hydrogen) atoms. The minimum Gasteiger partial charge on any atom is -0.495 e. The van der Waals surface area contributed by atoms with Crippen LogP contribution in [0.25, 0.3) is 0 Å².